The summed E-state index contributed by atoms with van der Waals surface area (Å²) in [7, 11) is 0. The molecule has 0 radical (unpaired) electrons. The Morgan fingerprint density at radius 1 is 1.56 bits per heavy atom. The van der Waals surface area contributed by atoms with Crippen LogP contribution in [0.1, 0.15) is 29.3 Å². The number of carboxylic acid groups (broad SMARTS) is 1. The van der Waals surface area contributed by atoms with Gasteiger partial charge in [-0.1, -0.05) is 6.07 Å². The fourth-order valence-corrected chi connectivity index (χ4v) is 1.61. The van der Waals surface area contributed by atoms with Gasteiger partial charge in [-0.05, 0) is 19.1 Å². The Bertz CT molecular complexity index is 560. The number of pyridine rings is 1. The zero-order chi connectivity index (χ0) is 11.9. The predicted molar refractivity (Wildman–Crippen MR) is 56.4 cm³/mol. The van der Waals surface area contributed by atoms with Gasteiger partial charge in [-0.2, -0.15) is 0 Å². The molecule has 0 aliphatic carbocycles. The van der Waals surface area contributed by atoms with E-state index in [0.717, 1.165) is 0 Å². The number of nitrogens with zero attached hydrogens (tertiary/aromatic N) is 2. The molecule has 0 saturated carbocycles. The summed E-state index contributed by atoms with van der Waals surface area (Å²) in [4.78, 5) is 14.9. The summed E-state index contributed by atoms with van der Waals surface area (Å²) in [6, 6.07) is 4.12. The van der Waals surface area contributed by atoms with E-state index in [1.54, 1.807) is 19.1 Å². The van der Waals surface area contributed by atoms with Crippen LogP contribution in [0.3, 0.4) is 0 Å². The SMILES string of the molecule is CC(N)c1nc(C(=O)O)c2cccc(O)n12. The van der Waals surface area contributed by atoms with Crippen molar-refractivity contribution in [1.82, 2.24) is 9.38 Å². The van der Waals surface area contributed by atoms with Crippen molar-refractivity contribution < 1.29 is 15.0 Å². The summed E-state index contributed by atoms with van der Waals surface area (Å²) < 4.78 is 1.34. The molecule has 0 aliphatic heterocycles. The van der Waals surface area contributed by atoms with Crippen molar-refractivity contribution in [3.63, 3.8) is 0 Å². The van der Waals surface area contributed by atoms with Crippen LogP contribution >= 0.6 is 0 Å². The molecule has 0 amide bonds. The van der Waals surface area contributed by atoms with Gasteiger partial charge < -0.3 is 15.9 Å². The summed E-state index contributed by atoms with van der Waals surface area (Å²) >= 11 is 0. The lowest BCUT2D eigenvalue weighted by molar-refractivity contribution is 0.0693. The standard InChI is InChI=1S/C10H11N3O3/c1-5(11)9-12-8(10(15)16)6-3-2-4-7(14)13(6)9/h2-5,14H,11H2,1H3,(H,15,16). The van der Waals surface area contributed by atoms with Crippen molar-refractivity contribution in [2.75, 3.05) is 0 Å². The van der Waals surface area contributed by atoms with Crippen LogP contribution in [0, 0.1) is 0 Å². The number of carbonyl (C=O) groups is 1. The van der Waals surface area contributed by atoms with Gasteiger partial charge in [-0.25, -0.2) is 9.78 Å². The maximum atomic E-state index is 11.0. The summed E-state index contributed by atoms with van der Waals surface area (Å²) in [5, 5.41) is 18.6. The Morgan fingerprint density at radius 3 is 2.81 bits per heavy atom. The molecule has 6 nitrogen and oxygen atoms in total. The van der Waals surface area contributed by atoms with E-state index in [-0.39, 0.29) is 11.6 Å². The van der Waals surface area contributed by atoms with E-state index in [9.17, 15) is 9.90 Å². The number of rotatable bonds is 2. The van der Waals surface area contributed by atoms with Gasteiger partial charge in [0.25, 0.3) is 0 Å². The van der Waals surface area contributed by atoms with Gasteiger partial charge in [0.15, 0.2) is 11.6 Å². The number of nitrogens with two attached hydrogens (primary N) is 1. The number of hydrogen-bond donors (Lipinski definition) is 3. The fourth-order valence-electron chi connectivity index (χ4n) is 1.61. The molecule has 0 aliphatic rings. The lowest BCUT2D eigenvalue weighted by Crippen LogP contribution is -2.10. The van der Waals surface area contributed by atoms with E-state index in [4.69, 9.17) is 10.8 Å². The van der Waals surface area contributed by atoms with Crippen LogP contribution in [0.5, 0.6) is 5.88 Å². The minimum absolute atomic E-state index is 0.0789. The van der Waals surface area contributed by atoms with Crippen molar-refractivity contribution in [3.8, 4) is 5.88 Å². The van der Waals surface area contributed by atoms with Crippen molar-refractivity contribution in [2.45, 2.75) is 13.0 Å². The number of aromatic hydroxyl groups is 1. The molecule has 0 spiro atoms. The summed E-state index contributed by atoms with van der Waals surface area (Å²) in [5.41, 5.74) is 5.90. The van der Waals surface area contributed by atoms with Gasteiger partial charge in [0.2, 0.25) is 0 Å². The van der Waals surface area contributed by atoms with Gasteiger partial charge in [0, 0.05) is 0 Å². The number of carboxylic acids is 1. The Hall–Kier alpha value is -2.08. The van der Waals surface area contributed by atoms with Crippen LogP contribution in [0.4, 0.5) is 0 Å². The third-order valence-corrected chi connectivity index (χ3v) is 2.28. The molecule has 16 heavy (non-hydrogen) atoms. The molecular formula is C10H11N3O3. The molecule has 2 heterocycles. The average molecular weight is 221 g/mol. The Labute approximate surface area is 91.0 Å². The second kappa shape index (κ2) is 3.49. The van der Waals surface area contributed by atoms with Gasteiger partial charge >= 0.3 is 5.97 Å². The maximum Gasteiger partial charge on any atom is 0.356 e. The first-order chi connectivity index (χ1) is 7.52. The second-order valence-electron chi connectivity index (χ2n) is 3.52. The highest BCUT2D eigenvalue weighted by molar-refractivity contribution is 5.93. The smallest absolute Gasteiger partial charge is 0.356 e. The molecule has 0 fully saturated rings. The van der Waals surface area contributed by atoms with Crippen LogP contribution in [0.15, 0.2) is 18.2 Å². The fraction of sp³-hybridized carbons (Fsp3) is 0.200. The molecule has 0 bridgehead atoms. The molecule has 0 saturated heterocycles. The quantitative estimate of drug-likeness (QED) is 0.694. The zero-order valence-corrected chi connectivity index (χ0v) is 8.58. The highest BCUT2D eigenvalue weighted by atomic mass is 16.4. The minimum Gasteiger partial charge on any atom is -0.494 e. The molecule has 2 aromatic rings. The number of aromatic carboxylic acids is 1. The lowest BCUT2D eigenvalue weighted by atomic mass is 10.3. The first-order valence-corrected chi connectivity index (χ1v) is 4.71. The minimum atomic E-state index is -1.14. The van der Waals surface area contributed by atoms with Crippen LogP contribution in [-0.4, -0.2) is 25.6 Å². The van der Waals surface area contributed by atoms with E-state index >= 15 is 0 Å². The van der Waals surface area contributed by atoms with E-state index in [2.05, 4.69) is 4.98 Å². The van der Waals surface area contributed by atoms with Crippen molar-refractivity contribution in [1.29, 1.82) is 0 Å². The van der Waals surface area contributed by atoms with Gasteiger partial charge in [0.05, 0.1) is 11.6 Å². The number of fused-ring (bicyclic) bond motifs is 1. The number of hydrogen-bond acceptors (Lipinski definition) is 4. The molecule has 2 aromatic heterocycles. The van der Waals surface area contributed by atoms with Crippen LogP contribution in [0.2, 0.25) is 0 Å². The van der Waals surface area contributed by atoms with Crippen molar-refractivity contribution in [2.24, 2.45) is 5.73 Å². The maximum absolute atomic E-state index is 11.0. The number of imidazole rings is 1. The molecule has 1 atom stereocenters. The molecule has 2 rings (SSSR count). The summed E-state index contributed by atoms with van der Waals surface area (Å²) in [5.74, 6) is -0.898. The Balaban J connectivity index is 2.87. The monoisotopic (exact) mass is 221 g/mol. The molecule has 84 valence electrons. The summed E-state index contributed by atoms with van der Waals surface area (Å²) in [6.45, 7) is 1.67. The third kappa shape index (κ3) is 1.40. The van der Waals surface area contributed by atoms with E-state index in [0.29, 0.717) is 11.3 Å². The van der Waals surface area contributed by atoms with Crippen LogP contribution < -0.4 is 5.73 Å². The van der Waals surface area contributed by atoms with Gasteiger partial charge in [-0.15, -0.1) is 0 Å². The first-order valence-electron chi connectivity index (χ1n) is 4.71. The molecular weight excluding hydrogens is 210 g/mol. The normalized spacial score (nSPS) is 12.9. The number of aromatic nitrogens is 2. The molecule has 0 aromatic carbocycles. The lowest BCUT2D eigenvalue weighted by Gasteiger charge is -2.05. The Morgan fingerprint density at radius 2 is 2.25 bits per heavy atom. The van der Waals surface area contributed by atoms with Gasteiger partial charge in [-0.3, -0.25) is 4.40 Å². The zero-order valence-electron chi connectivity index (χ0n) is 8.58. The second-order valence-corrected chi connectivity index (χ2v) is 3.52. The van der Waals surface area contributed by atoms with Gasteiger partial charge in [0.1, 0.15) is 5.82 Å². The third-order valence-electron chi connectivity index (χ3n) is 2.28. The van der Waals surface area contributed by atoms with Crippen LogP contribution in [-0.2, 0) is 0 Å². The van der Waals surface area contributed by atoms with E-state index < -0.39 is 12.0 Å². The Kier molecular flexibility index (Phi) is 2.28. The highest BCUT2D eigenvalue weighted by Gasteiger charge is 2.19. The largest absolute Gasteiger partial charge is 0.494 e. The summed E-state index contributed by atoms with van der Waals surface area (Å²) in [6.07, 6.45) is 0. The average Bonchev–Trinajstić information content (AvgIpc) is 2.58. The predicted octanol–water partition coefficient (Wildman–Crippen LogP) is 0.758. The molecule has 1 unspecified atom stereocenters. The highest BCUT2D eigenvalue weighted by Crippen LogP contribution is 2.22. The first kappa shape index (κ1) is 10.4. The van der Waals surface area contributed by atoms with E-state index in [1.807, 2.05) is 0 Å². The molecule has 4 N–H and O–H groups in total. The van der Waals surface area contributed by atoms with Crippen LogP contribution in [0.25, 0.3) is 5.52 Å². The topological polar surface area (TPSA) is 101 Å². The van der Waals surface area contributed by atoms with Crippen molar-refractivity contribution >= 4 is 11.5 Å². The van der Waals surface area contributed by atoms with E-state index in [1.165, 1.54) is 10.5 Å². The molecule has 6 heteroatoms. The van der Waals surface area contributed by atoms with Crippen molar-refractivity contribution in [3.05, 3.63) is 29.7 Å².